The van der Waals surface area contributed by atoms with Crippen LogP contribution in [0, 0.1) is 5.92 Å². The molecule has 0 saturated heterocycles. The molecule has 0 bridgehead atoms. The number of allylic oxidation sites excluding steroid dienone is 4. The van der Waals surface area contributed by atoms with Crippen molar-refractivity contribution in [3.8, 4) is 0 Å². The molecule has 0 saturated carbocycles. The van der Waals surface area contributed by atoms with E-state index in [0.717, 1.165) is 5.92 Å². The maximum absolute atomic E-state index is 2.36. The average Bonchev–Trinajstić information content (AvgIpc) is 2.50. The second-order valence-corrected chi connectivity index (χ2v) is 3.65. The summed E-state index contributed by atoms with van der Waals surface area (Å²) in [5, 5.41) is 0. The fraction of sp³-hybridized carbons (Fsp3) is 0.636. The van der Waals surface area contributed by atoms with E-state index >= 15 is 0 Å². The van der Waals surface area contributed by atoms with E-state index < -0.39 is 0 Å². The fourth-order valence-corrected chi connectivity index (χ4v) is 2.38. The van der Waals surface area contributed by atoms with Gasteiger partial charge >= 0.3 is 0 Å². The van der Waals surface area contributed by atoms with E-state index in [-0.39, 0.29) is 0 Å². The monoisotopic (exact) mass is 148 g/mol. The molecular weight excluding hydrogens is 132 g/mol. The highest BCUT2D eigenvalue weighted by molar-refractivity contribution is 5.34. The first-order valence-corrected chi connectivity index (χ1v) is 4.80. The summed E-state index contributed by atoms with van der Waals surface area (Å²) in [5.74, 6) is 0.900. The Labute approximate surface area is 69.0 Å². The van der Waals surface area contributed by atoms with Crippen LogP contribution in [-0.4, -0.2) is 0 Å². The van der Waals surface area contributed by atoms with E-state index in [1.54, 1.807) is 11.1 Å². The first-order chi connectivity index (χ1) is 5.42. The van der Waals surface area contributed by atoms with Gasteiger partial charge in [0.25, 0.3) is 0 Å². The zero-order chi connectivity index (χ0) is 7.68. The van der Waals surface area contributed by atoms with Crippen LogP contribution in [0.2, 0.25) is 0 Å². The molecule has 1 unspecified atom stereocenters. The Morgan fingerprint density at radius 3 is 3.18 bits per heavy atom. The van der Waals surface area contributed by atoms with E-state index in [4.69, 9.17) is 0 Å². The third kappa shape index (κ3) is 1.15. The Morgan fingerprint density at radius 2 is 2.36 bits per heavy atom. The van der Waals surface area contributed by atoms with Gasteiger partial charge in [-0.1, -0.05) is 24.6 Å². The van der Waals surface area contributed by atoms with Crippen LogP contribution in [0.5, 0.6) is 0 Å². The summed E-state index contributed by atoms with van der Waals surface area (Å²) in [7, 11) is 0. The molecule has 60 valence electrons. The molecule has 2 aliphatic carbocycles. The second kappa shape index (κ2) is 2.84. The quantitative estimate of drug-likeness (QED) is 0.534. The Bertz CT molecular complexity index is 208. The summed E-state index contributed by atoms with van der Waals surface area (Å²) in [6, 6.07) is 0. The molecule has 0 aromatic rings. The summed E-state index contributed by atoms with van der Waals surface area (Å²) in [6.07, 6.45) is 11.5. The van der Waals surface area contributed by atoms with Crippen LogP contribution >= 0.6 is 0 Å². The molecule has 2 aliphatic rings. The molecule has 0 aromatic heterocycles. The topological polar surface area (TPSA) is 0 Å². The highest BCUT2D eigenvalue weighted by Crippen LogP contribution is 2.38. The lowest BCUT2D eigenvalue weighted by Crippen LogP contribution is -2.04. The molecule has 0 heterocycles. The van der Waals surface area contributed by atoms with Gasteiger partial charge in [-0.05, 0) is 43.6 Å². The summed E-state index contributed by atoms with van der Waals surface area (Å²) in [4.78, 5) is 0. The van der Waals surface area contributed by atoms with Crippen molar-refractivity contribution in [2.75, 3.05) is 0 Å². The van der Waals surface area contributed by atoms with Crippen molar-refractivity contribution < 1.29 is 0 Å². The molecule has 0 N–H and O–H groups in total. The highest BCUT2D eigenvalue weighted by atomic mass is 14.3. The predicted molar refractivity (Wildman–Crippen MR) is 48.4 cm³/mol. The normalized spacial score (nSPS) is 29.4. The Kier molecular flexibility index (Phi) is 1.85. The van der Waals surface area contributed by atoms with Crippen molar-refractivity contribution in [3.05, 3.63) is 23.3 Å². The van der Waals surface area contributed by atoms with E-state index in [0.29, 0.717) is 0 Å². The zero-order valence-electron chi connectivity index (χ0n) is 7.27. The van der Waals surface area contributed by atoms with Crippen molar-refractivity contribution in [2.45, 2.75) is 39.0 Å². The maximum Gasteiger partial charge on any atom is -0.0165 e. The van der Waals surface area contributed by atoms with Gasteiger partial charge in [0.2, 0.25) is 0 Å². The molecule has 0 fully saturated rings. The van der Waals surface area contributed by atoms with Gasteiger partial charge in [-0.15, -0.1) is 0 Å². The summed E-state index contributed by atoms with van der Waals surface area (Å²) < 4.78 is 0. The van der Waals surface area contributed by atoms with Gasteiger partial charge in [0.15, 0.2) is 0 Å². The predicted octanol–water partition coefficient (Wildman–Crippen LogP) is 3.45. The van der Waals surface area contributed by atoms with Crippen LogP contribution in [0.4, 0.5) is 0 Å². The molecule has 0 aromatic carbocycles. The van der Waals surface area contributed by atoms with Crippen molar-refractivity contribution in [3.63, 3.8) is 0 Å². The third-order valence-corrected chi connectivity index (χ3v) is 3.03. The van der Waals surface area contributed by atoms with Crippen molar-refractivity contribution in [1.82, 2.24) is 0 Å². The molecule has 2 rings (SSSR count). The van der Waals surface area contributed by atoms with Gasteiger partial charge < -0.3 is 0 Å². The summed E-state index contributed by atoms with van der Waals surface area (Å²) in [6.45, 7) is 2.31. The molecular formula is C11H16. The first kappa shape index (κ1) is 7.15. The van der Waals surface area contributed by atoms with Gasteiger partial charge in [-0.25, -0.2) is 0 Å². The molecule has 0 heteroatoms. The van der Waals surface area contributed by atoms with E-state index in [9.17, 15) is 0 Å². The van der Waals surface area contributed by atoms with Crippen molar-refractivity contribution >= 4 is 0 Å². The standard InChI is InChI=1S/C11H16/c1-2-9-5-3-6-10-7-4-8-11(9)10/h3,6,9H,2,4-5,7-8H2,1H3. The lowest BCUT2D eigenvalue weighted by atomic mass is 9.87. The van der Waals surface area contributed by atoms with Gasteiger partial charge in [-0.2, -0.15) is 0 Å². The van der Waals surface area contributed by atoms with Gasteiger partial charge in [-0.3, -0.25) is 0 Å². The molecule has 0 spiro atoms. The largest absolute Gasteiger partial charge is 0.0837 e. The van der Waals surface area contributed by atoms with Crippen LogP contribution in [0.15, 0.2) is 23.3 Å². The minimum atomic E-state index is 0.900. The minimum Gasteiger partial charge on any atom is -0.0837 e. The Morgan fingerprint density at radius 1 is 1.45 bits per heavy atom. The number of rotatable bonds is 1. The fourth-order valence-electron chi connectivity index (χ4n) is 2.38. The van der Waals surface area contributed by atoms with E-state index in [2.05, 4.69) is 19.1 Å². The molecule has 0 amide bonds. The lowest BCUT2D eigenvalue weighted by Gasteiger charge is -2.19. The zero-order valence-corrected chi connectivity index (χ0v) is 7.27. The summed E-state index contributed by atoms with van der Waals surface area (Å²) in [5.41, 5.74) is 3.46. The first-order valence-electron chi connectivity index (χ1n) is 4.80. The minimum absolute atomic E-state index is 0.900. The van der Waals surface area contributed by atoms with Crippen molar-refractivity contribution in [2.24, 2.45) is 5.92 Å². The maximum atomic E-state index is 2.36. The summed E-state index contributed by atoms with van der Waals surface area (Å²) >= 11 is 0. The van der Waals surface area contributed by atoms with Crippen molar-refractivity contribution in [1.29, 1.82) is 0 Å². The number of hydrogen-bond acceptors (Lipinski definition) is 0. The van der Waals surface area contributed by atoms with E-state index in [1.165, 1.54) is 32.1 Å². The molecule has 1 atom stereocenters. The molecule has 0 radical (unpaired) electrons. The van der Waals surface area contributed by atoms with Gasteiger partial charge in [0, 0.05) is 0 Å². The second-order valence-electron chi connectivity index (χ2n) is 3.65. The van der Waals surface area contributed by atoms with Crippen LogP contribution < -0.4 is 0 Å². The lowest BCUT2D eigenvalue weighted by molar-refractivity contribution is 0.577. The highest BCUT2D eigenvalue weighted by Gasteiger charge is 2.21. The van der Waals surface area contributed by atoms with Crippen LogP contribution in [0.1, 0.15) is 39.0 Å². The van der Waals surface area contributed by atoms with Crippen LogP contribution in [0.25, 0.3) is 0 Å². The third-order valence-electron chi connectivity index (χ3n) is 3.03. The molecule has 0 aliphatic heterocycles. The Balaban J connectivity index is 2.23. The van der Waals surface area contributed by atoms with Crippen LogP contribution in [0.3, 0.4) is 0 Å². The Hall–Kier alpha value is -0.520. The van der Waals surface area contributed by atoms with Gasteiger partial charge in [0.1, 0.15) is 0 Å². The number of hydrogen-bond donors (Lipinski definition) is 0. The van der Waals surface area contributed by atoms with Crippen LogP contribution in [-0.2, 0) is 0 Å². The smallest absolute Gasteiger partial charge is 0.0165 e. The van der Waals surface area contributed by atoms with Gasteiger partial charge in [0.05, 0.1) is 0 Å². The SMILES string of the molecule is CCC1CC=CC2=C1CCC2. The molecule has 0 nitrogen and oxygen atoms in total. The molecule has 11 heavy (non-hydrogen) atoms. The average molecular weight is 148 g/mol. The van der Waals surface area contributed by atoms with E-state index in [1.807, 2.05) is 0 Å².